The van der Waals surface area contributed by atoms with Gasteiger partial charge in [0.05, 0.1) is 7.11 Å². The molecule has 0 amide bonds. The van der Waals surface area contributed by atoms with Crippen LogP contribution >= 0.6 is 0 Å². The van der Waals surface area contributed by atoms with E-state index in [2.05, 4.69) is 5.32 Å². The van der Waals surface area contributed by atoms with Crippen LogP contribution in [0.1, 0.15) is 18.5 Å². The minimum atomic E-state index is -0.339. The van der Waals surface area contributed by atoms with E-state index in [1.807, 2.05) is 31.2 Å². The van der Waals surface area contributed by atoms with Crippen molar-refractivity contribution in [3.63, 3.8) is 0 Å². The molecule has 1 atom stereocenters. The molecular formula is C11H16FNO. The monoisotopic (exact) mass is 197 g/mol. The van der Waals surface area contributed by atoms with E-state index in [4.69, 9.17) is 4.74 Å². The van der Waals surface area contributed by atoms with Gasteiger partial charge in [-0.2, -0.15) is 0 Å². The van der Waals surface area contributed by atoms with E-state index in [-0.39, 0.29) is 12.7 Å². The number of benzene rings is 1. The van der Waals surface area contributed by atoms with Crippen LogP contribution in [-0.2, 0) is 0 Å². The van der Waals surface area contributed by atoms with Crippen LogP contribution in [0.3, 0.4) is 0 Å². The topological polar surface area (TPSA) is 21.3 Å². The third kappa shape index (κ3) is 3.00. The van der Waals surface area contributed by atoms with Gasteiger partial charge >= 0.3 is 0 Å². The fourth-order valence-electron chi connectivity index (χ4n) is 1.30. The molecule has 1 rings (SSSR count). The van der Waals surface area contributed by atoms with Crippen molar-refractivity contribution in [3.05, 3.63) is 29.8 Å². The summed E-state index contributed by atoms with van der Waals surface area (Å²) in [6, 6.07) is 7.93. The standard InChI is InChI=1S/C11H16FNO/c1-9(13-7-6-12)10-4-3-5-11(8-10)14-2/h3-5,8-9,13H,6-7H2,1-2H3/t9-/m1/s1. The highest BCUT2D eigenvalue weighted by Crippen LogP contribution is 2.18. The van der Waals surface area contributed by atoms with Crippen molar-refractivity contribution in [2.24, 2.45) is 0 Å². The Morgan fingerprint density at radius 2 is 2.29 bits per heavy atom. The van der Waals surface area contributed by atoms with E-state index in [9.17, 15) is 4.39 Å². The summed E-state index contributed by atoms with van der Waals surface area (Å²) in [5, 5.41) is 3.07. The molecular weight excluding hydrogens is 181 g/mol. The molecule has 0 heterocycles. The summed E-state index contributed by atoms with van der Waals surface area (Å²) in [5.74, 6) is 0.830. The van der Waals surface area contributed by atoms with Crippen LogP contribution in [0.15, 0.2) is 24.3 Å². The van der Waals surface area contributed by atoms with E-state index >= 15 is 0 Å². The van der Waals surface area contributed by atoms with Gasteiger partial charge in [0.15, 0.2) is 0 Å². The van der Waals surface area contributed by atoms with E-state index in [1.54, 1.807) is 7.11 Å². The van der Waals surface area contributed by atoms with Crippen LogP contribution in [0, 0.1) is 0 Å². The van der Waals surface area contributed by atoms with E-state index < -0.39 is 0 Å². The summed E-state index contributed by atoms with van der Waals surface area (Å²) in [6.45, 7) is 2.05. The Kier molecular flexibility index (Phi) is 4.40. The number of hydrogen-bond donors (Lipinski definition) is 1. The van der Waals surface area contributed by atoms with E-state index in [0.717, 1.165) is 11.3 Å². The second-order valence-electron chi connectivity index (χ2n) is 3.14. The fraction of sp³-hybridized carbons (Fsp3) is 0.455. The summed E-state index contributed by atoms with van der Waals surface area (Å²) in [6.07, 6.45) is 0. The normalized spacial score (nSPS) is 12.5. The van der Waals surface area contributed by atoms with Gasteiger partial charge in [-0.3, -0.25) is 0 Å². The van der Waals surface area contributed by atoms with Crippen LogP contribution in [0.5, 0.6) is 5.75 Å². The van der Waals surface area contributed by atoms with Gasteiger partial charge < -0.3 is 10.1 Å². The number of hydrogen-bond acceptors (Lipinski definition) is 2. The molecule has 0 saturated heterocycles. The number of halogens is 1. The van der Waals surface area contributed by atoms with Crippen LogP contribution in [0.25, 0.3) is 0 Å². The first kappa shape index (κ1) is 11.0. The quantitative estimate of drug-likeness (QED) is 0.782. The number of ether oxygens (including phenoxy) is 1. The molecule has 3 heteroatoms. The van der Waals surface area contributed by atoms with Gasteiger partial charge in [-0.05, 0) is 24.6 Å². The zero-order valence-corrected chi connectivity index (χ0v) is 8.59. The zero-order chi connectivity index (χ0) is 10.4. The summed E-state index contributed by atoms with van der Waals surface area (Å²) >= 11 is 0. The zero-order valence-electron chi connectivity index (χ0n) is 8.59. The predicted molar refractivity (Wildman–Crippen MR) is 55.4 cm³/mol. The molecule has 2 nitrogen and oxygen atoms in total. The molecule has 0 spiro atoms. The molecule has 0 saturated carbocycles. The number of alkyl halides is 1. The third-order valence-electron chi connectivity index (χ3n) is 2.14. The molecule has 1 aromatic rings. The maximum atomic E-state index is 11.9. The molecule has 78 valence electrons. The van der Waals surface area contributed by atoms with Gasteiger partial charge in [0.2, 0.25) is 0 Å². The average molecular weight is 197 g/mol. The van der Waals surface area contributed by atoms with Crippen LogP contribution < -0.4 is 10.1 Å². The molecule has 0 aliphatic rings. The van der Waals surface area contributed by atoms with Crippen LogP contribution in [0.2, 0.25) is 0 Å². The maximum Gasteiger partial charge on any atom is 0.119 e. The Hall–Kier alpha value is -1.09. The van der Waals surface area contributed by atoms with E-state index in [1.165, 1.54) is 0 Å². The molecule has 1 aromatic carbocycles. The van der Waals surface area contributed by atoms with Crippen molar-refractivity contribution in [3.8, 4) is 5.75 Å². The summed E-state index contributed by atoms with van der Waals surface area (Å²) in [5.41, 5.74) is 1.11. The highest BCUT2D eigenvalue weighted by atomic mass is 19.1. The first-order valence-corrected chi connectivity index (χ1v) is 4.71. The number of rotatable bonds is 5. The van der Waals surface area contributed by atoms with Crippen molar-refractivity contribution < 1.29 is 9.13 Å². The van der Waals surface area contributed by atoms with Gasteiger partial charge in [0, 0.05) is 12.6 Å². The second-order valence-corrected chi connectivity index (χ2v) is 3.14. The van der Waals surface area contributed by atoms with Crippen LogP contribution in [0.4, 0.5) is 4.39 Å². The van der Waals surface area contributed by atoms with Crippen LogP contribution in [-0.4, -0.2) is 20.3 Å². The van der Waals surface area contributed by atoms with Gasteiger partial charge in [-0.1, -0.05) is 12.1 Å². The van der Waals surface area contributed by atoms with E-state index in [0.29, 0.717) is 6.54 Å². The lowest BCUT2D eigenvalue weighted by Gasteiger charge is -2.13. The molecule has 0 unspecified atom stereocenters. The molecule has 0 fully saturated rings. The fourth-order valence-corrected chi connectivity index (χ4v) is 1.30. The maximum absolute atomic E-state index is 11.9. The lowest BCUT2D eigenvalue weighted by molar-refractivity contribution is 0.412. The first-order valence-electron chi connectivity index (χ1n) is 4.71. The Bertz CT molecular complexity index is 278. The minimum Gasteiger partial charge on any atom is -0.497 e. The Balaban J connectivity index is 2.64. The summed E-state index contributed by atoms with van der Waals surface area (Å²) in [7, 11) is 1.64. The lowest BCUT2D eigenvalue weighted by Crippen LogP contribution is -2.20. The smallest absolute Gasteiger partial charge is 0.119 e. The molecule has 0 aliphatic carbocycles. The van der Waals surface area contributed by atoms with Gasteiger partial charge in [0.25, 0.3) is 0 Å². The minimum absolute atomic E-state index is 0.154. The highest BCUT2D eigenvalue weighted by Gasteiger charge is 2.04. The number of methoxy groups -OCH3 is 1. The predicted octanol–water partition coefficient (Wildman–Crippen LogP) is 2.32. The number of nitrogens with one attached hydrogen (secondary N) is 1. The largest absolute Gasteiger partial charge is 0.497 e. The molecule has 0 aromatic heterocycles. The molecule has 0 radical (unpaired) electrons. The lowest BCUT2D eigenvalue weighted by atomic mass is 10.1. The Morgan fingerprint density at radius 3 is 2.93 bits per heavy atom. The Labute approximate surface area is 84.1 Å². The average Bonchev–Trinajstić information content (AvgIpc) is 2.26. The van der Waals surface area contributed by atoms with Crippen molar-refractivity contribution in [1.82, 2.24) is 5.32 Å². The third-order valence-corrected chi connectivity index (χ3v) is 2.14. The van der Waals surface area contributed by atoms with Crippen molar-refractivity contribution in [2.45, 2.75) is 13.0 Å². The molecule has 0 bridgehead atoms. The Morgan fingerprint density at radius 1 is 1.50 bits per heavy atom. The van der Waals surface area contributed by atoms with Crippen molar-refractivity contribution >= 4 is 0 Å². The molecule has 0 aliphatic heterocycles. The summed E-state index contributed by atoms with van der Waals surface area (Å²) in [4.78, 5) is 0. The van der Waals surface area contributed by atoms with Crippen molar-refractivity contribution in [2.75, 3.05) is 20.3 Å². The first-order chi connectivity index (χ1) is 6.77. The molecule has 1 N–H and O–H groups in total. The van der Waals surface area contributed by atoms with Crippen molar-refractivity contribution in [1.29, 1.82) is 0 Å². The van der Waals surface area contributed by atoms with Gasteiger partial charge in [0.1, 0.15) is 12.4 Å². The SMILES string of the molecule is COc1cccc([C@@H](C)NCCF)c1. The van der Waals surface area contributed by atoms with Gasteiger partial charge in [-0.25, -0.2) is 4.39 Å². The highest BCUT2D eigenvalue weighted by molar-refractivity contribution is 5.30. The summed E-state index contributed by atoms with van der Waals surface area (Å²) < 4.78 is 17.0. The second kappa shape index (κ2) is 5.60. The van der Waals surface area contributed by atoms with Gasteiger partial charge in [-0.15, -0.1) is 0 Å². The molecule has 14 heavy (non-hydrogen) atoms.